The molecule has 7 heteroatoms. The minimum absolute atomic E-state index is 0.176. The fourth-order valence-corrected chi connectivity index (χ4v) is 5.00. The van der Waals surface area contributed by atoms with Crippen LogP contribution in [0.15, 0.2) is 70.6 Å². The molecule has 3 aromatic carbocycles. The van der Waals surface area contributed by atoms with Gasteiger partial charge in [-0.15, -0.1) is 0 Å². The van der Waals surface area contributed by atoms with Crippen molar-refractivity contribution < 1.29 is 14.3 Å². The van der Waals surface area contributed by atoms with Crippen LogP contribution in [-0.2, 0) is 9.53 Å². The molecule has 4 aromatic rings. The van der Waals surface area contributed by atoms with Crippen LogP contribution in [0, 0.1) is 0 Å². The van der Waals surface area contributed by atoms with Gasteiger partial charge in [0, 0.05) is 11.5 Å². The number of rotatable bonds is 7. The van der Waals surface area contributed by atoms with Crippen LogP contribution in [0.5, 0.6) is 5.75 Å². The number of para-hydroxylation sites is 1. The Kier molecular flexibility index (Phi) is 7.30. The standard InChI is InChI=1S/C30H31N3O4/c1-3-36-30(35)20(2)37-27-18-17-21-11-7-8-14-23(21)25(27)19-31-33-28(22-12-5-4-6-13-22)32-26-16-10-9-15-24(26)29(33)34/h7-11,14-20,22H,3-6,12-13H2,1-2H3/t20-/m1/s1. The van der Waals surface area contributed by atoms with Crippen LogP contribution in [0.2, 0.25) is 0 Å². The Morgan fingerprint density at radius 2 is 1.78 bits per heavy atom. The van der Waals surface area contributed by atoms with Crippen molar-refractivity contribution >= 4 is 33.9 Å². The average Bonchev–Trinajstić information content (AvgIpc) is 2.93. The third-order valence-electron chi connectivity index (χ3n) is 6.90. The number of carbonyl (C=O) groups is 1. The normalized spacial score (nSPS) is 15.3. The molecule has 37 heavy (non-hydrogen) atoms. The first kappa shape index (κ1) is 24.7. The molecule has 1 saturated carbocycles. The van der Waals surface area contributed by atoms with Crippen LogP contribution in [0.1, 0.15) is 63.3 Å². The molecule has 1 heterocycles. The summed E-state index contributed by atoms with van der Waals surface area (Å²) in [6, 6.07) is 19.0. The zero-order valence-electron chi connectivity index (χ0n) is 21.2. The van der Waals surface area contributed by atoms with Gasteiger partial charge in [0.05, 0.1) is 23.7 Å². The first-order valence-corrected chi connectivity index (χ1v) is 13.0. The van der Waals surface area contributed by atoms with Crippen molar-refractivity contribution in [3.05, 3.63) is 82.4 Å². The summed E-state index contributed by atoms with van der Waals surface area (Å²) < 4.78 is 12.6. The summed E-state index contributed by atoms with van der Waals surface area (Å²) in [4.78, 5) is 30.8. The van der Waals surface area contributed by atoms with Gasteiger partial charge in [0.15, 0.2) is 6.10 Å². The number of fused-ring (bicyclic) bond motifs is 2. The molecule has 0 N–H and O–H groups in total. The Labute approximate surface area is 215 Å². The van der Waals surface area contributed by atoms with Crippen molar-refractivity contribution in [2.45, 2.75) is 58.0 Å². The van der Waals surface area contributed by atoms with Crippen LogP contribution >= 0.6 is 0 Å². The van der Waals surface area contributed by atoms with Gasteiger partial charge in [-0.3, -0.25) is 4.79 Å². The Bertz CT molecular complexity index is 1520. The lowest BCUT2D eigenvalue weighted by Gasteiger charge is -2.23. The van der Waals surface area contributed by atoms with E-state index in [1.807, 2.05) is 54.6 Å². The van der Waals surface area contributed by atoms with Gasteiger partial charge in [-0.2, -0.15) is 9.78 Å². The Balaban J connectivity index is 1.63. The van der Waals surface area contributed by atoms with Crippen molar-refractivity contribution in [1.82, 2.24) is 9.66 Å². The van der Waals surface area contributed by atoms with E-state index in [-0.39, 0.29) is 18.1 Å². The maximum Gasteiger partial charge on any atom is 0.347 e. The lowest BCUT2D eigenvalue weighted by Crippen LogP contribution is -2.27. The topological polar surface area (TPSA) is 82.8 Å². The molecule has 190 valence electrons. The highest BCUT2D eigenvalue weighted by atomic mass is 16.6. The van der Waals surface area contributed by atoms with E-state index in [4.69, 9.17) is 19.6 Å². The monoisotopic (exact) mass is 497 g/mol. The molecule has 1 atom stereocenters. The minimum atomic E-state index is -0.795. The number of hydrogen-bond acceptors (Lipinski definition) is 6. The fraction of sp³-hybridized carbons (Fsp3) is 0.333. The van der Waals surface area contributed by atoms with Crippen LogP contribution in [0.4, 0.5) is 0 Å². The minimum Gasteiger partial charge on any atom is -0.478 e. The van der Waals surface area contributed by atoms with E-state index in [0.717, 1.165) is 36.5 Å². The van der Waals surface area contributed by atoms with Crippen LogP contribution < -0.4 is 10.3 Å². The lowest BCUT2D eigenvalue weighted by molar-refractivity contribution is -0.150. The molecule has 0 unspecified atom stereocenters. The Hall–Kier alpha value is -4.00. The van der Waals surface area contributed by atoms with Crippen LogP contribution in [0.3, 0.4) is 0 Å². The molecule has 0 aliphatic heterocycles. The van der Waals surface area contributed by atoms with Crippen molar-refractivity contribution in [1.29, 1.82) is 0 Å². The van der Waals surface area contributed by atoms with E-state index >= 15 is 0 Å². The molecular formula is C30H31N3O4. The molecule has 1 aliphatic carbocycles. The quantitative estimate of drug-likeness (QED) is 0.238. The molecule has 1 fully saturated rings. The fourth-order valence-electron chi connectivity index (χ4n) is 5.00. The highest BCUT2D eigenvalue weighted by Gasteiger charge is 2.23. The van der Waals surface area contributed by atoms with Gasteiger partial charge >= 0.3 is 5.97 Å². The summed E-state index contributed by atoms with van der Waals surface area (Å²) >= 11 is 0. The first-order valence-electron chi connectivity index (χ1n) is 13.0. The first-order chi connectivity index (χ1) is 18.1. The molecule has 0 spiro atoms. The number of hydrogen-bond donors (Lipinski definition) is 0. The smallest absolute Gasteiger partial charge is 0.347 e. The second kappa shape index (κ2) is 10.9. The van der Waals surface area contributed by atoms with Gasteiger partial charge in [-0.05, 0) is 55.7 Å². The highest BCUT2D eigenvalue weighted by Crippen LogP contribution is 2.32. The third kappa shape index (κ3) is 5.12. The number of ether oxygens (including phenoxy) is 2. The number of aromatic nitrogens is 2. The van der Waals surface area contributed by atoms with Gasteiger partial charge in [0.1, 0.15) is 11.6 Å². The summed E-state index contributed by atoms with van der Waals surface area (Å²) in [5.74, 6) is 0.926. The number of nitrogens with zero attached hydrogens (tertiary/aromatic N) is 3. The van der Waals surface area contributed by atoms with Gasteiger partial charge in [-0.1, -0.05) is 61.7 Å². The Morgan fingerprint density at radius 3 is 2.57 bits per heavy atom. The van der Waals surface area contributed by atoms with Gasteiger partial charge in [0.2, 0.25) is 0 Å². The summed E-state index contributed by atoms with van der Waals surface area (Å²) in [7, 11) is 0. The largest absolute Gasteiger partial charge is 0.478 e. The number of esters is 1. The summed E-state index contributed by atoms with van der Waals surface area (Å²) in [6.45, 7) is 3.70. The van der Waals surface area contributed by atoms with E-state index in [2.05, 4.69) is 0 Å². The Morgan fingerprint density at radius 1 is 1.05 bits per heavy atom. The number of benzene rings is 3. The van der Waals surface area contributed by atoms with E-state index in [9.17, 15) is 9.59 Å². The van der Waals surface area contributed by atoms with Gasteiger partial charge in [-0.25, -0.2) is 9.78 Å². The van der Waals surface area contributed by atoms with Crippen molar-refractivity contribution in [2.24, 2.45) is 5.10 Å². The van der Waals surface area contributed by atoms with Gasteiger partial charge in [0.25, 0.3) is 5.56 Å². The van der Waals surface area contributed by atoms with E-state index < -0.39 is 12.1 Å². The molecule has 7 nitrogen and oxygen atoms in total. The molecule has 0 saturated heterocycles. The van der Waals surface area contributed by atoms with Crippen molar-refractivity contribution in [2.75, 3.05) is 6.61 Å². The lowest BCUT2D eigenvalue weighted by atomic mass is 9.88. The zero-order valence-corrected chi connectivity index (χ0v) is 21.2. The van der Waals surface area contributed by atoms with E-state index in [0.29, 0.717) is 28.0 Å². The molecule has 0 radical (unpaired) electrons. The molecule has 1 aromatic heterocycles. The summed E-state index contributed by atoms with van der Waals surface area (Å²) in [5, 5.41) is 7.15. The SMILES string of the molecule is CCOC(=O)[C@@H](C)Oc1ccc2ccccc2c1C=Nn1c(C2CCCCC2)nc2ccccc2c1=O. The molecule has 0 amide bonds. The van der Waals surface area contributed by atoms with Gasteiger partial charge < -0.3 is 9.47 Å². The van der Waals surface area contributed by atoms with Crippen LogP contribution in [-0.4, -0.2) is 34.6 Å². The van der Waals surface area contributed by atoms with E-state index in [1.54, 1.807) is 26.1 Å². The third-order valence-corrected chi connectivity index (χ3v) is 6.90. The molecule has 5 rings (SSSR count). The summed E-state index contributed by atoms with van der Waals surface area (Å²) in [5.41, 5.74) is 1.19. The zero-order chi connectivity index (χ0) is 25.8. The molecule has 1 aliphatic rings. The molecule has 0 bridgehead atoms. The number of carbonyl (C=O) groups excluding carboxylic acids is 1. The van der Waals surface area contributed by atoms with Crippen molar-refractivity contribution in [3.8, 4) is 5.75 Å². The predicted octanol–water partition coefficient (Wildman–Crippen LogP) is 5.81. The van der Waals surface area contributed by atoms with Crippen LogP contribution in [0.25, 0.3) is 21.7 Å². The second-order valence-corrected chi connectivity index (χ2v) is 9.39. The summed E-state index contributed by atoms with van der Waals surface area (Å²) in [6.07, 6.45) is 6.26. The second-order valence-electron chi connectivity index (χ2n) is 9.39. The average molecular weight is 498 g/mol. The van der Waals surface area contributed by atoms with E-state index in [1.165, 1.54) is 11.1 Å². The maximum absolute atomic E-state index is 13.6. The maximum atomic E-state index is 13.6. The molecular weight excluding hydrogens is 466 g/mol. The van der Waals surface area contributed by atoms with Crippen molar-refractivity contribution in [3.63, 3.8) is 0 Å². The highest BCUT2D eigenvalue weighted by molar-refractivity contribution is 6.02. The predicted molar refractivity (Wildman–Crippen MR) is 145 cm³/mol.